The molecule has 1 rings (SSSR count). The number of nitrogens with zero attached hydrogens (tertiary/aromatic N) is 1. The summed E-state index contributed by atoms with van der Waals surface area (Å²) in [6.45, 7) is 4.13. The summed E-state index contributed by atoms with van der Waals surface area (Å²) < 4.78 is 0. The number of H-pyrrole nitrogens is 1. The highest BCUT2D eigenvalue weighted by atomic mass is 16.4. The van der Waals surface area contributed by atoms with E-state index in [0.29, 0.717) is 12.2 Å². The zero-order chi connectivity index (χ0) is 11.5. The largest absolute Gasteiger partial charge is 0.465 e. The summed E-state index contributed by atoms with van der Waals surface area (Å²) in [6, 6.07) is 3.72. The molecule has 1 amide bonds. The maximum Gasteiger partial charge on any atom is 0.404 e. The van der Waals surface area contributed by atoms with Crippen LogP contribution in [0.25, 0.3) is 0 Å². The van der Waals surface area contributed by atoms with Crippen LogP contribution in [-0.2, 0) is 5.41 Å². The Balaban J connectivity index is 2.77. The first-order valence-electron chi connectivity index (χ1n) is 4.51. The molecular weight excluding hydrogens is 194 g/mol. The topological polar surface area (TPSA) is 88.9 Å². The quantitative estimate of drug-likeness (QED) is 0.700. The van der Waals surface area contributed by atoms with Crippen molar-refractivity contribution < 1.29 is 9.90 Å². The zero-order valence-electron chi connectivity index (χ0n) is 8.66. The lowest BCUT2D eigenvalue weighted by molar-refractivity contribution is 0.192. The Kier molecular flexibility index (Phi) is 3.00. The first-order chi connectivity index (χ1) is 6.95. The number of carboxylic acid groups (broad SMARTS) is 1. The Hall–Kier alpha value is -1.96. The van der Waals surface area contributed by atoms with Gasteiger partial charge >= 0.3 is 6.09 Å². The predicted octanol–water partition coefficient (Wildman–Crippen LogP) is 1.43. The van der Waals surface area contributed by atoms with E-state index in [2.05, 4.69) is 10.3 Å². The molecule has 3 N–H and O–H groups in total. The third-order valence-electron chi connectivity index (χ3n) is 2.27. The molecular formula is C10H13N3O2. The molecule has 0 saturated carbocycles. The molecule has 0 unspecified atom stereocenters. The minimum Gasteiger partial charge on any atom is -0.465 e. The van der Waals surface area contributed by atoms with E-state index in [-0.39, 0.29) is 5.41 Å². The smallest absolute Gasteiger partial charge is 0.404 e. The highest BCUT2D eigenvalue weighted by Gasteiger charge is 2.22. The van der Waals surface area contributed by atoms with Crippen LogP contribution in [-0.4, -0.2) is 22.7 Å². The summed E-state index contributed by atoms with van der Waals surface area (Å²) in [4.78, 5) is 13.2. The lowest BCUT2D eigenvalue weighted by Gasteiger charge is -2.22. The summed E-state index contributed by atoms with van der Waals surface area (Å²) in [5.41, 5.74) is 1.06. The molecule has 1 heterocycles. The van der Waals surface area contributed by atoms with Crippen molar-refractivity contribution in [3.8, 4) is 6.07 Å². The standard InChI is InChI=1S/C10H13N3O2/c1-10(2,6-13-9(14)15)7-3-8(4-11)12-5-7/h3,5,12-13H,6H2,1-2H3,(H,14,15). The first-order valence-corrected chi connectivity index (χ1v) is 4.51. The second-order valence-corrected chi connectivity index (χ2v) is 3.96. The molecule has 0 spiro atoms. The Labute approximate surface area is 87.7 Å². The second kappa shape index (κ2) is 4.05. The van der Waals surface area contributed by atoms with Gasteiger partial charge in [-0.25, -0.2) is 4.79 Å². The number of rotatable bonds is 3. The minimum atomic E-state index is -1.04. The van der Waals surface area contributed by atoms with Crippen molar-refractivity contribution in [2.24, 2.45) is 0 Å². The number of hydrogen-bond donors (Lipinski definition) is 3. The van der Waals surface area contributed by atoms with Gasteiger partial charge in [-0.1, -0.05) is 13.8 Å². The zero-order valence-corrected chi connectivity index (χ0v) is 8.66. The molecule has 0 fully saturated rings. The molecule has 1 aromatic rings. The van der Waals surface area contributed by atoms with E-state index in [1.807, 2.05) is 19.9 Å². The maximum atomic E-state index is 10.4. The van der Waals surface area contributed by atoms with Gasteiger partial charge in [0.2, 0.25) is 0 Å². The van der Waals surface area contributed by atoms with Crippen LogP contribution in [0.5, 0.6) is 0 Å². The molecule has 0 atom stereocenters. The first kappa shape index (κ1) is 11.1. The van der Waals surface area contributed by atoms with Crippen LogP contribution in [0.15, 0.2) is 12.3 Å². The van der Waals surface area contributed by atoms with E-state index in [1.54, 1.807) is 12.3 Å². The molecule has 15 heavy (non-hydrogen) atoms. The van der Waals surface area contributed by atoms with Gasteiger partial charge in [0.1, 0.15) is 11.8 Å². The predicted molar refractivity (Wildman–Crippen MR) is 54.6 cm³/mol. The van der Waals surface area contributed by atoms with Crippen LogP contribution in [0.1, 0.15) is 25.1 Å². The van der Waals surface area contributed by atoms with Crippen LogP contribution in [0, 0.1) is 11.3 Å². The monoisotopic (exact) mass is 207 g/mol. The molecule has 5 nitrogen and oxygen atoms in total. The summed E-state index contributed by atoms with van der Waals surface area (Å²) in [6.07, 6.45) is 0.682. The molecule has 1 aromatic heterocycles. The summed E-state index contributed by atoms with van der Waals surface area (Å²) in [5.74, 6) is 0. The van der Waals surface area contributed by atoms with Crippen LogP contribution < -0.4 is 5.32 Å². The van der Waals surface area contributed by atoms with Crippen molar-refractivity contribution >= 4 is 6.09 Å². The highest BCUT2D eigenvalue weighted by Crippen LogP contribution is 2.22. The van der Waals surface area contributed by atoms with Gasteiger partial charge in [-0.15, -0.1) is 0 Å². The Morgan fingerprint density at radius 2 is 2.40 bits per heavy atom. The fraction of sp³-hybridized carbons (Fsp3) is 0.400. The molecule has 80 valence electrons. The van der Waals surface area contributed by atoms with Gasteiger partial charge in [0.05, 0.1) is 0 Å². The van der Waals surface area contributed by atoms with Gasteiger partial charge < -0.3 is 15.4 Å². The van der Waals surface area contributed by atoms with Crippen molar-refractivity contribution in [2.75, 3.05) is 6.54 Å². The second-order valence-electron chi connectivity index (χ2n) is 3.96. The summed E-state index contributed by atoms with van der Waals surface area (Å²) >= 11 is 0. The normalized spacial score (nSPS) is 10.7. The Bertz CT molecular complexity index is 401. The van der Waals surface area contributed by atoms with Crippen LogP contribution in [0.2, 0.25) is 0 Å². The summed E-state index contributed by atoms with van der Waals surface area (Å²) in [5, 5.41) is 19.5. The van der Waals surface area contributed by atoms with Crippen LogP contribution in [0.3, 0.4) is 0 Å². The van der Waals surface area contributed by atoms with E-state index >= 15 is 0 Å². The number of nitriles is 1. The molecule has 0 saturated heterocycles. The average Bonchev–Trinajstić information content (AvgIpc) is 2.63. The van der Waals surface area contributed by atoms with E-state index in [1.165, 1.54) is 0 Å². The van der Waals surface area contributed by atoms with Crippen molar-refractivity contribution in [1.82, 2.24) is 10.3 Å². The maximum absolute atomic E-state index is 10.4. The number of hydrogen-bond acceptors (Lipinski definition) is 2. The lowest BCUT2D eigenvalue weighted by Crippen LogP contribution is -2.35. The van der Waals surface area contributed by atoms with Gasteiger partial charge in [-0.05, 0) is 11.6 Å². The molecule has 0 bridgehead atoms. The molecule has 0 aromatic carbocycles. The third kappa shape index (κ3) is 2.74. The van der Waals surface area contributed by atoms with Gasteiger partial charge in [0.25, 0.3) is 0 Å². The van der Waals surface area contributed by atoms with Crippen LogP contribution >= 0.6 is 0 Å². The van der Waals surface area contributed by atoms with E-state index in [4.69, 9.17) is 10.4 Å². The summed E-state index contributed by atoms with van der Waals surface area (Å²) in [7, 11) is 0. The molecule has 0 aliphatic rings. The fourth-order valence-corrected chi connectivity index (χ4v) is 1.25. The SMILES string of the molecule is CC(C)(CNC(=O)O)c1c[nH]c(C#N)c1. The Morgan fingerprint density at radius 3 is 2.87 bits per heavy atom. The molecule has 0 aliphatic heterocycles. The minimum absolute atomic E-state index is 0.311. The number of aromatic amines is 1. The molecule has 0 aliphatic carbocycles. The molecule has 5 heteroatoms. The average molecular weight is 207 g/mol. The van der Waals surface area contributed by atoms with E-state index in [0.717, 1.165) is 5.56 Å². The highest BCUT2D eigenvalue weighted by molar-refractivity contribution is 5.64. The fourth-order valence-electron chi connectivity index (χ4n) is 1.25. The number of nitrogens with one attached hydrogen (secondary N) is 2. The van der Waals surface area contributed by atoms with Gasteiger partial charge in [-0.3, -0.25) is 0 Å². The van der Waals surface area contributed by atoms with Gasteiger partial charge in [0, 0.05) is 18.2 Å². The number of aromatic nitrogens is 1. The molecule has 0 radical (unpaired) electrons. The third-order valence-corrected chi connectivity index (χ3v) is 2.27. The van der Waals surface area contributed by atoms with E-state index in [9.17, 15) is 4.79 Å². The van der Waals surface area contributed by atoms with Crippen molar-refractivity contribution in [1.29, 1.82) is 5.26 Å². The Morgan fingerprint density at radius 1 is 1.73 bits per heavy atom. The van der Waals surface area contributed by atoms with Crippen LogP contribution in [0.4, 0.5) is 4.79 Å². The number of carbonyl (C=O) groups is 1. The van der Waals surface area contributed by atoms with Gasteiger partial charge in [0.15, 0.2) is 0 Å². The van der Waals surface area contributed by atoms with Crippen molar-refractivity contribution in [3.05, 3.63) is 23.5 Å². The lowest BCUT2D eigenvalue weighted by atomic mass is 9.86. The van der Waals surface area contributed by atoms with Gasteiger partial charge in [-0.2, -0.15) is 5.26 Å². The van der Waals surface area contributed by atoms with Crippen molar-refractivity contribution in [3.63, 3.8) is 0 Å². The van der Waals surface area contributed by atoms with E-state index < -0.39 is 6.09 Å². The number of amides is 1. The van der Waals surface area contributed by atoms with Crippen molar-refractivity contribution in [2.45, 2.75) is 19.3 Å².